The van der Waals surface area contributed by atoms with E-state index in [-0.39, 0.29) is 33.1 Å². The number of halogens is 1. The van der Waals surface area contributed by atoms with Crippen molar-refractivity contribution in [2.45, 2.75) is 0 Å². The zero-order valence-corrected chi connectivity index (χ0v) is 13.0. The van der Waals surface area contributed by atoms with Crippen molar-refractivity contribution >= 4 is 23.3 Å². The number of nitro benzene ring substituents is 1. The lowest BCUT2D eigenvalue weighted by Crippen LogP contribution is -2.05. The van der Waals surface area contributed by atoms with E-state index in [2.05, 4.69) is 4.74 Å². The molecule has 2 aromatic carbocycles. The molecule has 2 aromatic rings. The third kappa shape index (κ3) is 3.04. The molecule has 0 aromatic heterocycles. The number of rotatable bonds is 4. The van der Waals surface area contributed by atoms with Gasteiger partial charge in [0.1, 0.15) is 11.5 Å². The Morgan fingerprint density at radius 3 is 2.52 bits per heavy atom. The zero-order chi connectivity index (χ0) is 17.1. The SMILES string of the molecule is COC(=O)c1cc([N+](=O)[O-])ccc1-c1c(OC)ccc(O)c1Cl. The van der Waals surface area contributed by atoms with Crippen molar-refractivity contribution in [2.75, 3.05) is 14.2 Å². The third-order valence-corrected chi connectivity index (χ3v) is 3.57. The largest absolute Gasteiger partial charge is 0.506 e. The standard InChI is InChI=1S/C15H12ClNO6/c1-22-12-6-5-11(18)14(16)13(12)9-4-3-8(17(20)21)7-10(9)15(19)23-2/h3-7,18H,1-2H3. The number of carbonyl (C=O) groups is 1. The minimum absolute atomic E-state index is 0.0386. The maximum Gasteiger partial charge on any atom is 0.338 e. The van der Waals surface area contributed by atoms with Gasteiger partial charge in [0.25, 0.3) is 5.69 Å². The van der Waals surface area contributed by atoms with E-state index in [4.69, 9.17) is 16.3 Å². The van der Waals surface area contributed by atoms with E-state index in [0.29, 0.717) is 5.75 Å². The van der Waals surface area contributed by atoms with Crippen LogP contribution >= 0.6 is 11.6 Å². The van der Waals surface area contributed by atoms with Crippen LogP contribution in [0.3, 0.4) is 0 Å². The number of carbonyl (C=O) groups excluding carboxylic acids is 1. The highest BCUT2D eigenvalue weighted by molar-refractivity contribution is 6.35. The lowest BCUT2D eigenvalue weighted by molar-refractivity contribution is -0.384. The number of aromatic hydroxyl groups is 1. The van der Waals surface area contributed by atoms with Gasteiger partial charge in [-0.2, -0.15) is 0 Å². The molecule has 0 aliphatic carbocycles. The smallest absolute Gasteiger partial charge is 0.338 e. The van der Waals surface area contributed by atoms with Crippen molar-refractivity contribution < 1.29 is 24.3 Å². The number of esters is 1. The first-order chi connectivity index (χ1) is 10.9. The Balaban J connectivity index is 2.80. The molecule has 0 fully saturated rings. The Kier molecular flexibility index (Phi) is 4.71. The minimum atomic E-state index is -0.773. The van der Waals surface area contributed by atoms with E-state index in [9.17, 15) is 20.0 Å². The molecule has 0 atom stereocenters. The van der Waals surface area contributed by atoms with Gasteiger partial charge in [-0.25, -0.2) is 4.79 Å². The monoisotopic (exact) mass is 337 g/mol. The van der Waals surface area contributed by atoms with Crippen LogP contribution in [0.15, 0.2) is 30.3 Å². The topological polar surface area (TPSA) is 98.9 Å². The summed E-state index contributed by atoms with van der Waals surface area (Å²) in [6.07, 6.45) is 0. The molecule has 0 saturated carbocycles. The van der Waals surface area contributed by atoms with Crippen LogP contribution in [0.4, 0.5) is 5.69 Å². The molecule has 0 radical (unpaired) electrons. The number of non-ortho nitro benzene ring substituents is 1. The fraction of sp³-hybridized carbons (Fsp3) is 0.133. The maximum atomic E-state index is 12.0. The molecule has 0 bridgehead atoms. The number of ether oxygens (including phenoxy) is 2. The number of nitrogens with zero attached hydrogens (tertiary/aromatic N) is 1. The van der Waals surface area contributed by atoms with E-state index < -0.39 is 10.9 Å². The summed E-state index contributed by atoms with van der Waals surface area (Å²) >= 11 is 6.12. The number of benzene rings is 2. The van der Waals surface area contributed by atoms with E-state index in [1.807, 2.05) is 0 Å². The van der Waals surface area contributed by atoms with Crippen LogP contribution in [0.25, 0.3) is 11.1 Å². The van der Waals surface area contributed by atoms with Crippen molar-refractivity contribution in [3.63, 3.8) is 0 Å². The molecule has 120 valence electrons. The van der Waals surface area contributed by atoms with Crippen LogP contribution < -0.4 is 4.74 Å². The van der Waals surface area contributed by atoms with Gasteiger partial charge in [-0.05, 0) is 18.2 Å². The first kappa shape index (κ1) is 16.6. The fourth-order valence-corrected chi connectivity index (χ4v) is 2.37. The number of phenolic OH excluding ortho intramolecular Hbond substituents is 1. The Labute approximate surface area is 136 Å². The highest BCUT2D eigenvalue weighted by Gasteiger charge is 2.23. The first-order valence-electron chi connectivity index (χ1n) is 6.33. The summed E-state index contributed by atoms with van der Waals surface area (Å²) in [5, 5.41) is 20.7. The summed E-state index contributed by atoms with van der Waals surface area (Å²) in [6, 6.07) is 6.48. The molecule has 0 heterocycles. The molecule has 7 nitrogen and oxygen atoms in total. The summed E-state index contributed by atoms with van der Waals surface area (Å²) in [4.78, 5) is 22.3. The van der Waals surface area contributed by atoms with Crippen LogP contribution in [0.2, 0.25) is 5.02 Å². The minimum Gasteiger partial charge on any atom is -0.506 e. The van der Waals surface area contributed by atoms with Crippen molar-refractivity contribution in [1.82, 2.24) is 0 Å². The number of hydrogen-bond acceptors (Lipinski definition) is 6. The van der Waals surface area contributed by atoms with Gasteiger partial charge in [-0.15, -0.1) is 0 Å². The van der Waals surface area contributed by atoms with Gasteiger partial charge in [0.05, 0.1) is 29.7 Å². The van der Waals surface area contributed by atoms with Gasteiger partial charge < -0.3 is 14.6 Å². The van der Waals surface area contributed by atoms with E-state index >= 15 is 0 Å². The summed E-state index contributed by atoms with van der Waals surface area (Å²) in [6.45, 7) is 0. The van der Waals surface area contributed by atoms with Crippen LogP contribution in [-0.2, 0) is 4.74 Å². The molecule has 0 aliphatic rings. The second-order valence-electron chi connectivity index (χ2n) is 4.45. The highest BCUT2D eigenvalue weighted by atomic mass is 35.5. The molecule has 1 N–H and O–H groups in total. The van der Waals surface area contributed by atoms with Crippen molar-refractivity contribution in [1.29, 1.82) is 0 Å². The molecular formula is C15H12ClNO6. The van der Waals surface area contributed by atoms with Gasteiger partial charge in [0, 0.05) is 23.3 Å². The second-order valence-corrected chi connectivity index (χ2v) is 4.83. The van der Waals surface area contributed by atoms with Crippen molar-refractivity contribution in [3.8, 4) is 22.6 Å². The van der Waals surface area contributed by atoms with Crippen LogP contribution in [0, 0.1) is 10.1 Å². The lowest BCUT2D eigenvalue weighted by atomic mass is 9.97. The zero-order valence-electron chi connectivity index (χ0n) is 12.2. The first-order valence-corrected chi connectivity index (χ1v) is 6.71. The number of methoxy groups -OCH3 is 2. The fourth-order valence-electron chi connectivity index (χ4n) is 2.11. The van der Waals surface area contributed by atoms with Crippen LogP contribution in [0.5, 0.6) is 11.5 Å². The Bertz CT molecular complexity index is 790. The molecule has 2 rings (SSSR count). The number of nitro groups is 1. The molecule has 0 saturated heterocycles. The Morgan fingerprint density at radius 1 is 1.26 bits per heavy atom. The highest BCUT2D eigenvalue weighted by Crippen LogP contribution is 2.43. The summed E-state index contributed by atoms with van der Waals surface area (Å²) in [5.74, 6) is -0.686. The van der Waals surface area contributed by atoms with E-state index in [1.54, 1.807) is 0 Å². The second kappa shape index (κ2) is 6.53. The molecule has 0 spiro atoms. The van der Waals surface area contributed by atoms with Crippen LogP contribution in [0.1, 0.15) is 10.4 Å². The average Bonchev–Trinajstić information content (AvgIpc) is 2.55. The van der Waals surface area contributed by atoms with Gasteiger partial charge in [-0.1, -0.05) is 11.6 Å². The Morgan fingerprint density at radius 2 is 1.96 bits per heavy atom. The predicted octanol–water partition coefficient (Wildman–Crippen LogP) is 3.42. The molecule has 23 heavy (non-hydrogen) atoms. The van der Waals surface area contributed by atoms with E-state index in [1.165, 1.54) is 31.4 Å². The summed E-state index contributed by atoms with van der Waals surface area (Å²) in [7, 11) is 2.56. The maximum absolute atomic E-state index is 12.0. The third-order valence-electron chi connectivity index (χ3n) is 3.19. The molecule has 0 aliphatic heterocycles. The lowest BCUT2D eigenvalue weighted by Gasteiger charge is -2.14. The summed E-state index contributed by atoms with van der Waals surface area (Å²) < 4.78 is 9.87. The molecule has 0 amide bonds. The summed E-state index contributed by atoms with van der Waals surface area (Å²) in [5.41, 5.74) is 0.154. The molecule has 8 heteroatoms. The van der Waals surface area contributed by atoms with Gasteiger partial charge in [0.15, 0.2) is 0 Å². The predicted molar refractivity (Wildman–Crippen MR) is 83.1 cm³/mol. The number of hydrogen-bond donors (Lipinski definition) is 1. The van der Waals surface area contributed by atoms with Gasteiger partial charge >= 0.3 is 5.97 Å². The normalized spacial score (nSPS) is 10.2. The quantitative estimate of drug-likeness (QED) is 0.521. The van der Waals surface area contributed by atoms with Gasteiger partial charge in [-0.3, -0.25) is 10.1 Å². The number of phenols is 1. The molecular weight excluding hydrogens is 326 g/mol. The van der Waals surface area contributed by atoms with Gasteiger partial charge in [0.2, 0.25) is 0 Å². The average molecular weight is 338 g/mol. The van der Waals surface area contributed by atoms with Crippen molar-refractivity contribution in [2.24, 2.45) is 0 Å². The van der Waals surface area contributed by atoms with E-state index in [0.717, 1.165) is 13.2 Å². The van der Waals surface area contributed by atoms with Crippen molar-refractivity contribution in [3.05, 3.63) is 51.0 Å². The molecule has 0 unspecified atom stereocenters. The van der Waals surface area contributed by atoms with Crippen LogP contribution in [-0.4, -0.2) is 30.2 Å². The Hall–Kier alpha value is -2.80.